The molecular formula is C22H36N4O. The molecule has 3 rings (SSSR count). The Morgan fingerprint density at radius 2 is 1.78 bits per heavy atom. The number of benzene rings is 1. The van der Waals surface area contributed by atoms with Crippen LogP contribution in [0.15, 0.2) is 29.3 Å². The van der Waals surface area contributed by atoms with Crippen molar-refractivity contribution in [2.45, 2.75) is 51.1 Å². The van der Waals surface area contributed by atoms with Crippen LogP contribution < -0.4 is 5.32 Å². The van der Waals surface area contributed by atoms with Crippen molar-refractivity contribution >= 4 is 5.96 Å². The van der Waals surface area contributed by atoms with Crippen molar-refractivity contribution in [3.63, 3.8) is 0 Å². The van der Waals surface area contributed by atoms with Crippen LogP contribution >= 0.6 is 0 Å². The van der Waals surface area contributed by atoms with Crippen molar-refractivity contribution in [2.75, 3.05) is 46.9 Å². The van der Waals surface area contributed by atoms with Gasteiger partial charge in [-0.2, -0.15) is 0 Å². The van der Waals surface area contributed by atoms with E-state index >= 15 is 0 Å². The molecule has 27 heavy (non-hydrogen) atoms. The van der Waals surface area contributed by atoms with Gasteiger partial charge in [0.2, 0.25) is 0 Å². The van der Waals surface area contributed by atoms with E-state index in [0.717, 1.165) is 51.5 Å². The summed E-state index contributed by atoms with van der Waals surface area (Å²) in [6.07, 6.45) is 5.95. The molecule has 5 heteroatoms. The van der Waals surface area contributed by atoms with Crippen LogP contribution in [0, 0.1) is 0 Å². The van der Waals surface area contributed by atoms with Gasteiger partial charge in [-0.05, 0) is 56.3 Å². The van der Waals surface area contributed by atoms with Crippen molar-refractivity contribution in [1.82, 2.24) is 15.1 Å². The highest BCUT2D eigenvalue weighted by molar-refractivity contribution is 5.79. The Hall–Kier alpha value is -1.59. The first-order valence-corrected chi connectivity index (χ1v) is 10.5. The maximum Gasteiger partial charge on any atom is 0.193 e. The quantitative estimate of drug-likeness (QED) is 0.616. The Morgan fingerprint density at radius 1 is 1.15 bits per heavy atom. The van der Waals surface area contributed by atoms with Crippen molar-refractivity contribution in [1.29, 1.82) is 0 Å². The van der Waals surface area contributed by atoms with Gasteiger partial charge in [-0.15, -0.1) is 0 Å². The highest BCUT2D eigenvalue weighted by Gasteiger charge is 2.39. The van der Waals surface area contributed by atoms with E-state index in [0.29, 0.717) is 0 Å². The zero-order valence-corrected chi connectivity index (χ0v) is 17.3. The largest absolute Gasteiger partial charge is 0.381 e. The summed E-state index contributed by atoms with van der Waals surface area (Å²) in [7, 11) is 4.00. The van der Waals surface area contributed by atoms with E-state index in [9.17, 15) is 0 Å². The Kier molecular flexibility index (Phi) is 7.13. The summed E-state index contributed by atoms with van der Waals surface area (Å²) >= 11 is 0. The van der Waals surface area contributed by atoms with Crippen molar-refractivity contribution < 1.29 is 4.74 Å². The molecule has 2 heterocycles. The fourth-order valence-electron chi connectivity index (χ4n) is 4.41. The maximum atomic E-state index is 5.67. The van der Waals surface area contributed by atoms with E-state index in [1.165, 1.54) is 37.1 Å². The first-order chi connectivity index (χ1) is 13.2. The van der Waals surface area contributed by atoms with Gasteiger partial charge in [-0.25, -0.2) is 0 Å². The molecule has 0 bridgehead atoms. The summed E-state index contributed by atoms with van der Waals surface area (Å²) in [5, 5.41) is 3.68. The van der Waals surface area contributed by atoms with E-state index in [-0.39, 0.29) is 5.54 Å². The summed E-state index contributed by atoms with van der Waals surface area (Å²) in [6, 6.07) is 8.91. The Morgan fingerprint density at radius 3 is 2.37 bits per heavy atom. The van der Waals surface area contributed by atoms with Gasteiger partial charge in [0.1, 0.15) is 0 Å². The first-order valence-electron chi connectivity index (χ1n) is 10.5. The molecule has 150 valence electrons. The number of hydrogen-bond acceptors (Lipinski definition) is 3. The summed E-state index contributed by atoms with van der Waals surface area (Å²) < 4.78 is 5.67. The number of likely N-dealkylation sites (tertiary alicyclic amines) is 1. The van der Waals surface area contributed by atoms with Crippen molar-refractivity contribution in [3.8, 4) is 0 Å². The molecule has 2 fully saturated rings. The second-order valence-electron chi connectivity index (χ2n) is 7.96. The zero-order valence-electron chi connectivity index (χ0n) is 17.3. The van der Waals surface area contributed by atoms with E-state index in [2.05, 4.69) is 58.3 Å². The molecular weight excluding hydrogens is 336 g/mol. The maximum absolute atomic E-state index is 5.67. The topological polar surface area (TPSA) is 40.1 Å². The van der Waals surface area contributed by atoms with Gasteiger partial charge in [-0.1, -0.05) is 31.2 Å². The molecule has 1 N–H and O–H groups in total. The molecule has 2 aliphatic rings. The minimum absolute atomic E-state index is 0.217. The highest BCUT2D eigenvalue weighted by atomic mass is 16.5. The second-order valence-corrected chi connectivity index (χ2v) is 7.96. The molecule has 1 aromatic rings. The molecule has 0 atom stereocenters. The number of nitrogens with one attached hydrogen (secondary N) is 1. The molecule has 0 amide bonds. The molecule has 0 spiro atoms. The number of ether oxygens (including phenoxy) is 1. The lowest BCUT2D eigenvalue weighted by Crippen LogP contribution is -2.58. The summed E-state index contributed by atoms with van der Waals surface area (Å²) in [5.41, 5.74) is 2.92. The average molecular weight is 373 g/mol. The van der Waals surface area contributed by atoms with E-state index in [1.807, 2.05) is 7.05 Å². The number of aliphatic imine (C=N–C) groups is 1. The predicted octanol–water partition coefficient (Wildman–Crippen LogP) is 2.90. The van der Waals surface area contributed by atoms with Crippen LogP contribution in [-0.2, 0) is 17.7 Å². The Balaban J connectivity index is 1.60. The van der Waals surface area contributed by atoms with E-state index < -0.39 is 0 Å². The van der Waals surface area contributed by atoms with Crippen LogP contribution in [0.2, 0.25) is 0 Å². The number of guanidine groups is 1. The van der Waals surface area contributed by atoms with Gasteiger partial charge >= 0.3 is 0 Å². The summed E-state index contributed by atoms with van der Waals surface area (Å²) in [5.74, 6) is 0.972. The standard InChI is InChI=1S/C22H36N4O/c1-4-19-7-9-20(10-8-19)17-25(3)21(23-2)24-18-22(11-15-27-16-12-22)26-13-5-6-14-26/h7-10H,4-6,11-18H2,1-3H3,(H,23,24). The van der Waals surface area contributed by atoms with Crippen LogP contribution in [0.4, 0.5) is 0 Å². The first kappa shape index (κ1) is 20.2. The molecule has 5 nitrogen and oxygen atoms in total. The molecule has 0 unspecified atom stereocenters. The molecule has 0 radical (unpaired) electrons. The smallest absolute Gasteiger partial charge is 0.193 e. The fraction of sp³-hybridized carbons (Fsp3) is 0.682. The van der Waals surface area contributed by atoms with Gasteiger partial charge in [0.25, 0.3) is 0 Å². The van der Waals surface area contributed by atoms with Crippen molar-refractivity contribution in [3.05, 3.63) is 35.4 Å². The highest BCUT2D eigenvalue weighted by Crippen LogP contribution is 2.30. The van der Waals surface area contributed by atoms with Crippen LogP contribution in [0.1, 0.15) is 43.7 Å². The average Bonchev–Trinajstić information content (AvgIpc) is 3.25. The van der Waals surface area contributed by atoms with Gasteiger partial charge in [0, 0.05) is 45.9 Å². The number of aryl methyl sites for hydroxylation is 1. The number of hydrogen-bond donors (Lipinski definition) is 1. The van der Waals surface area contributed by atoms with E-state index in [1.54, 1.807) is 0 Å². The minimum Gasteiger partial charge on any atom is -0.381 e. The van der Waals surface area contributed by atoms with Crippen LogP contribution in [0.25, 0.3) is 0 Å². The SMILES string of the molecule is CCc1ccc(CN(C)C(=NC)NCC2(N3CCCC3)CCOCC2)cc1. The summed E-state index contributed by atoms with van der Waals surface area (Å²) in [4.78, 5) is 9.46. The number of rotatable bonds is 6. The lowest BCUT2D eigenvalue weighted by atomic mass is 9.88. The lowest BCUT2D eigenvalue weighted by Gasteiger charge is -2.45. The van der Waals surface area contributed by atoms with Crippen molar-refractivity contribution in [2.24, 2.45) is 4.99 Å². The zero-order chi connectivity index (χ0) is 19.1. The van der Waals surface area contributed by atoms with Gasteiger partial charge in [0.05, 0.1) is 0 Å². The normalized spacial score (nSPS) is 20.6. The van der Waals surface area contributed by atoms with Crippen LogP contribution in [-0.4, -0.2) is 68.2 Å². The van der Waals surface area contributed by atoms with E-state index in [4.69, 9.17) is 4.74 Å². The number of nitrogens with zero attached hydrogens (tertiary/aromatic N) is 3. The molecule has 2 aliphatic heterocycles. The Bertz CT molecular complexity index is 601. The van der Waals surface area contributed by atoms with Gasteiger partial charge in [0.15, 0.2) is 5.96 Å². The third kappa shape index (κ3) is 5.02. The molecule has 2 saturated heterocycles. The van der Waals surface area contributed by atoms with Crippen LogP contribution in [0.3, 0.4) is 0 Å². The molecule has 0 aromatic heterocycles. The second kappa shape index (κ2) is 9.56. The van der Waals surface area contributed by atoms with Gasteiger partial charge in [-0.3, -0.25) is 9.89 Å². The summed E-state index contributed by atoms with van der Waals surface area (Å²) in [6.45, 7) is 8.19. The lowest BCUT2D eigenvalue weighted by molar-refractivity contribution is -0.0166. The van der Waals surface area contributed by atoms with Gasteiger partial charge < -0.3 is 15.0 Å². The molecule has 0 saturated carbocycles. The molecule has 1 aromatic carbocycles. The monoisotopic (exact) mass is 372 g/mol. The third-order valence-corrected chi connectivity index (χ3v) is 6.20. The minimum atomic E-state index is 0.217. The third-order valence-electron chi connectivity index (χ3n) is 6.20. The predicted molar refractivity (Wildman–Crippen MR) is 112 cm³/mol. The fourth-order valence-corrected chi connectivity index (χ4v) is 4.41. The Labute approximate surface area is 164 Å². The molecule has 0 aliphatic carbocycles. The van der Waals surface area contributed by atoms with Crippen LogP contribution in [0.5, 0.6) is 0 Å².